The van der Waals surface area contributed by atoms with Gasteiger partial charge in [-0.15, -0.1) is 0 Å². The Kier molecular flexibility index (Phi) is 7.05. The van der Waals surface area contributed by atoms with Crippen LogP contribution in [0.25, 0.3) is 0 Å². The van der Waals surface area contributed by atoms with E-state index >= 15 is 0 Å². The van der Waals surface area contributed by atoms with Crippen molar-refractivity contribution >= 4 is 26.0 Å². The summed E-state index contributed by atoms with van der Waals surface area (Å²) in [4.78, 5) is 2.23. The Balaban J connectivity index is 1.49. The molecule has 152 valence electrons. The lowest BCUT2D eigenvalue weighted by molar-refractivity contribution is 0.0557. The van der Waals surface area contributed by atoms with Gasteiger partial charge in [-0.2, -0.15) is 4.31 Å². The molecule has 0 saturated carbocycles. The molecule has 28 heavy (non-hydrogen) atoms. The minimum Gasteiger partial charge on any atom is -0.488 e. The molecule has 3 rings (SSSR count). The second-order valence-electron chi connectivity index (χ2n) is 6.56. The molecule has 1 aliphatic heterocycles. The molecule has 1 saturated heterocycles. The lowest BCUT2D eigenvalue weighted by Crippen LogP contribution is -2.50. The molecule has 1 heterocycles. The summed E-state index contributed by atoms with van der Waals surface area (Å²) in [6.45, 7) is 2.00. The van der Waals surface area contributed by atoms with E-state index in [0.717, 1.165) is 0 Å². The third-order valence-electron chi connectivity index (χ3n) is 4.50. The third kappa shape index (κ3) is 5.30. The first-order valence-electron chi connectivity index (χ1n) is 8.90. The van der Waals surface area contributed by atoms with Crippen molar-refractivity contribution in [3.05, 3.63) is 58.8 Å². The molecule has 9 heteroatoms. The smallest absolute Gasteiger partial charge is 0.243 e. The van der Waals surface area contributed by atoms with Crippen molar-refractivity contribution in [1.29, 1.82) is 0 Å². The first-order valence-corrected chi connectivity index (χ1v) is 11.1. The predicted octanol–water partition coefficient (Wildman–Crippen LogP) is 2.33. The normalized spacial score (nSPS) is 17.4. The van der Waals surface area contributed by atoms with Crippen LogP contribution in [-0.2, 0) is 10.0 Å². The van der Waals surface area contributed by atoms with Crippen LogP contribution in [0.4, 0.5) is 4.39 Å². The number of para-hydroxylation sites is 1. The average molecular weight is 473 g/mol. The number of halogens is 2. The number of aliphatic hydroxyl groups is 1. The first-order chi connectivity index (χ1) is 13.4. The maximum atomic E-state index is 13.5. The van der Waals surface area contributed by atoms with Crippen LogP contribution in [0.3, 0.4) is 0 Å². The second-order valence-corrected chi connectivity index (χ2v) is 9.41. The summed E-state index contributed by atoms with van der Waals surface area (Å²) in [6, 6.07) is 12.7. The van der Waals surface area contributed by atoms with Gasteiger partial charge < -0.3 is 9.84 Å². The number of β-amino-alcohol motifs (C(OH)–C–C–N with tert-alkyl or cyclic N) is 1. The Labute approximate surface area is 172 Å². The van der Waals surface area contributed by atoms with Crippen LogP contribution < -0.4 is 4.74 Å². The molecule has 0 aromatic heterocycles. The standard InChI is InChI=1S/C19H22BrFN2O4S/c20-15-4-3-5-17(12-15)28(25,26)23-10-8-22(9-11-23)13-16(24)14-27-19-7-2-1-6-18(19)21/h1-7,12,16,24H,8-11,13-14H2/t16-/m1/s1. The number of aliphatic hydroxyl groups excluding tert-OH is 1. The molecule has 1 N–H and O–H groups in total. The van der Waals surface area contributed by atoms with Crippen molar-refractivity contribution in [3.8, 4) is 5.75 Å². The van der Waals surface area contributed by atoms with Crippen molar-refractivity contribution in [3.63, 3.8) is 0 Å². The zero-order valence-corrected chi connectivity index (χ0v) is 17.6. The van der Waals surface area contributed by atoms with Gasteiger partial charge in [-0.3, -0.25) is 4.90 Å². The van der Waals surface area contributed by atoms with Crippen LogP contribution in [-0.4, -0.2) is 68.2 Å². The summed E-state index contributed by atoms with van der Waals surface area (Å²) < 4.78 is 46.5. The fraction of sp³-hybridized carbons (Fsp3) is 0.368. The highest BCUT2D eigenvalue weighted by Gasteiger charge is 2.29. The fourth-order valence-electron chi connectivity index (χ4n) is 3.03. The van der Waals surface area contributed by atoms with Crippen LogP contribution in [0.5, 0.6) is 5.75 Å². The largest absolute Gasteiger partial charge is 0.488 e. The van der Waals surface area contributed by atoms with Gasteiger partial charge in [0.05, 0.1) is 4.90 Å². The van der Waals surface area contributed by atoms with Gasteiger partial charge in [-0.25, -0.2) is 12.8 Å². The average Bonchev–Trinajstić information content (AvgIpc) is 2.68. The molecule has 0 amide bonds. The van der Waals surface area contributed by atoms with Crippen LogP contribution >= 0.6 is 15.9 Å². The van der Waals surface area contributed by atoms with Crippen LogP contribution in [0.15, 0.2) is 57.9 Å². The molecule has 0 aliphatic carbocycles. The Hall–Kier alpha value is -1.52. The molecule has 1 fully saturated rings. The van der Waals surface area contributed by atoms with Crippen molar-refractivity contribution in [1.82, 2.24) is 9.21 Å². The summed E-state index contributed by atoms with van der Waals surface area (Å²) in [6.07, 6.45) is -0.798. The number of ether oxygens (including phenoxy) is 1. The van der Waals surface area contributed by atoms with Crippen LogP contribution in [0, 0.1) is 5.82 Å². The van der Waals surface area contributed by atoms with Gasteiger partial charge in [-0.1, -0.05) is 34.1 Å². The Morgan fingerprint density at radius 2 is 1.82 bits per heavy atom. The predicted molar refractivity (Wildman–Crippen MR) is 107 cm³/mol. The maximum absolute atomic E-state index is 13.5. The zero-order chi connectivity index (χ0) is 20.1. The number of hydrogen-bond acceptors (Lipinski definition) is 5. The van der Waals surface area contributed by atoms with Gasteiger partial charge in [0, 0.05) is 37.2 Å². The minimum atomic E-state index is -3.54. The molecular formula is C19H22BrFN2O4S. The van der Waals surface area contributed by atoms with E-state index in [1.165, 1.54) is 16.4 Å². The Morgan fingerprint density at radius 1 is 1.11 bits per heavy atom. The van der Waals surface area contributed by atoms with E-state index in [4.69, 9.17) is 4.74 Å². The summed E-state index contributed by atoms with van der Waals surface area (Å²) in [5.41, 5.74) is 0. The van der Waals surface area contributed by atoms with Crippen molar-refractivity contribution in [2.45, 2.75) is 11.0 Å². The zero-order valence-electron chi connectivity index (χ0n) is 15.2. The highest BCUT2D eigenvalue weighted by atomic mass is 79.9. The van der Waals surface area contributed by atoms with Gasteiger partial charge >= 0.3 is 0 Å². The SMILES string of the molecule is O=S(=O)(c1cccc(Br)c1)N1CCN(C[C@@H](O)COc2ccccc2F)CC1. The molecule has 2 aromatic rings. The quantitative estimate of drug-likeness (QED) is 0.669. The molecule has 1 atom stereocenters. The number of piperazine rings is 1. The monoisotopic (exact) mass is 472 g/mol. The van der Waals surface area contributed by atoms with Gasteiger partial charge in [-0.05, 0) is 30.3 Å². The number of rotatable bonds is 7. The lowest BCUT2D eigenvalue weighted by atomic mass is 10.3. The molecular weight excluding hydrogens is 451 g/mol. The highest BCUT2D eigenvalue weighted by Crippen LogP contribution is 2.21. The van der Waals surface area contributed by atoms with Crippen LogP contribution in [0.1, 0.15) is 0 Å². The summed E-state index contributed by atoms with van der Waals surface area (Å²) >= 11 is 3.30. The summed E-state index contributed by atoms with van der Waals surface area (Å²) in [5.74, 6) is -0.368. The summed E-state index contributed by atoms with van der Waals surface area (Å²) in [7, 11) is -3.54. The van der Waals surface area contributed by atoms with Gasteiger partial charge in [0.15, 0.2) is 11.6 Å². The van der Waals surface area contributed by atoms with Gasteiger partial charge in [0.2, 0.25) is 10.0 Å². The lowest BCUT2D eigenvalue weighted by Gasteiger charge is -2.34. The summed E-state index contributed by atoms with van der Waals surface area (Å²) in [5, 5.41) is 10.2. The van der Waals surface area contributed by atoms with E-state index in [1.807, 2.05) is 4.90 Å². The van der Waals surface area contributed by atoms with E-state index in [9.17, 15) is 17.9 Å². The minimum absolute atomic E-state index is 0.0303. The number of hydrogen-bond donors (Lipinski definition) is 1. The third-order valence-corrected chi connectivity index (χ3v) is 6.89. The number of benzene rings is 2. The van der Waals surface area contributed by atoms with Crippen LogP contribution in [0.2, 0.25) is 0 Å². The molecule has 6 nitrogen and oxygen atoms in total. The highest BCUT2D eigenvalue weighted by molar-refractivity contribution is 9.10. The fourth-order valence-corrected chi connectivity index (χ4v) is 5.05. The maximum Gasteiger partial charge on any atom is 0.243 e. The topological polar surface area (TPSA) is 70.1 Å². The second kappa shape index (κ2) is 9.32. The molecule has 1 aliphatic rings. The van der Waals surface area contributed by atoms with E-state index < -0.39 is 21.9 Å². The molecule has 2 aromatic carbocycles. The number of sulfonamides is 1. The number of nitrogens with zero attached hydrogens (tertiary/aromatic N) is 2. The molecule has 0 unspecified atom stereocenters. The molecule has 0 bridgehead atoms. The van der Waals surface area contributed by atoms with Crippen molar-refractivity contribution in [2.24, 2.45) is 0 Å². The molecule has 0 spiro atoms. The van der Waals surface area contributed by atoms with Gasteiger partial charge in [0.25, 0.3) is 0 Å². The molecule has 0 radical (unpaired) electrons. The van der Waals surface area contributed by atoms with E-state index in [1.54, 1.807) is 36.4 Å². The van der Waals surface area contributed by atoms with Gasteiger partial charge in [0.1, 0.15) is 12.7 Å². The van der Waals surface area contributed by atoms with Crippen molar-refractivity contribution in [2.75, 3.05) is 39.3 Å². The van der Waals surface area contributed by atoms with E-state index in [0.29, 0.717) is 37.2 Å². The Morgan fingerprint density at radius 3 is 2.50 bits per heavy atom. The Bertz CT molecular complexity index is 904. The van der Waals surface area contributed by atoms with E-state index in [-0.39, 0.29) is 17.3 Å². The first kappa shape index (κ1) is 21.2. The van der Waals surface area contributed by atoms with E-state index in [2.05, 4.69) is 15.9 Å². The van der Waals surface area contributed by atoms with Crippen molar-refractivity contribution < 1.29 is 22.7 Å².